The van der Waals surface area contributed by atoms with E-state index in [1.54, 1.807) is 7.11 Å². The Labute approximate surface area is 127 Å². The van der Waals surface area contributed by atoms with Crippen LogP contribution in [-0.4, -0.2) is 37.6 Å². The molecule has 0 aliphatic rings. The van der Waals surface area contributed by atoms with Crippen LogP contribution in [0.15, 0.2) is 24.3 Å². The predicted octanol–water partition coefficient (Wildman–Crippen LogP) is 1.72. The van der Waals surface area contributed by atoms with Crippen LogP contribution in [0.5, 0.6) is 5.75 Å². The van der Waals surface area contributed by atoms with Gasteiger partial charge in [0.15, 0.2) is 0 Å². The van der Waals surface area contributed by atoms with E-state index >= 15 is 0 Å². The van der Waals surface area contributed by atoms with E-state index in [4.69, 9.17) is 10.6 Å². The Morgan fingerprint density at radius 2 is 2.10 bits per heavy atom. The van der Waals surface area contributed by atoms with Gasteiger partial charge in [-0.25, -0.2) is 5.84 Å². The molecular formula is C16H27N3O2. The van der Waals surface area contributed by atoms with Crippen LogP contribution in [0.3, 0.4) is 0 Å². The Hall–Kier alpha value is -1.59. The Morgan fingerprint density at radius 1 is 1.38 bits per heavy atom. The molecule has 0 aromatic heterocycles. The molecule has 1 unspecified atom stereocenters. The fourth-order valence-electron chi connectivity index (χ4n) is 2.29. The number of benzene rings is 1. The van der Waals surface area contributed by atoms with Gasteiger partial charge in [-0.1, -0.05) is 18.2 Å². The topological polar surface area (TPSA) is 67.6 Å². The summed E-state index contributed by atoms with van der Waals surface area (Å²) in [6.07, 6.45) is 3.28. The smallest absolute Gasteiger partial charge is 0.233 e. The summed E-state index contributed by atoms with van der Waals surface area (Å²) in [5.41, 5.74) is 3.38. The van der Waals surface area contributed by atoms with Crippen LogP contribution >= 0.6 is 0 Å². The van der Waals surface area contributed by atoms with Gasteiger partial charge in [0.05, 0.1) is 7.11 Å². The van der Waals surface area contributed by atoms with E-state index in [1.165, 1.54) is 5.56 Å². The molecule has 0 radical (unpaired) electrons. The Kier molecular flexibility index (Phi) is 7.79. The number of nitrogens with two attached hydrogens (primary N) is 1. The van der Waals surface area contributed by atoms with Gasteiger partial charge in [-0.3, -0.25) is 10.2 Å². The zero-order valence-corrected chi connectivity index (χ0v) is 13.3. The first-order valence-electron chi connectivity index (χ1n) is 7.40. The normalized spacial score (nSPS) is 12.2. The second kappa shape index (κ2) is 9.37. The molecule has 21 heavy (non-hydrogen) atoms. The predicted molar refractivity (Wildman–Crippen MR) is 85.0 cm³/mol. The number of nitrogens with one attached hydrogen (secondary N) is 1. The van der Waals surface area contributed by atoms with E-state index < -0.39 is 0 Å². The van der Waals surface area contributed by atoms with Gasteiger partial charge in [0.1, 0.15) is 5.75 Å². The quantitative estimate of drug-likeness (QED) is 0.315. The highest BCUT2D eigenvalue weighted by atomic mass is 16.5. The van der Waals surface area contributed by atoms with E-state index in [9.17, 15) is 4.79 Å². The summed E-state index contributed by atoms with van der Waals surface area (Å²) in [6.45, 7) is 3.17. The average molecular weight is 293 g/mol. The van der Waals surface area contributed by atoms with Crippen molar-refractivity contribution in [3.05, 3.63) is 29.8 Å². The molecular weight excluding hydrogens is 266 g/mol. The Bertz CT molecular complexity index is 437. The molecule has 0 spiro atoms. The van der Waals surface area contributed by atoms with Gasteiger partial charge in [0, 0.05) is 12.5 Å². The van der Waals surface area contributed by atoms with E-state index in [0.29, 0.717) is 12.5 Å². The maximum atomic E-state index is 11.0. The number of likely N-dealkylation sites (N-methyl/N-ethyl adjacent to an activating group) is 1. The van der Waals surface area contributed by atoms with Crippen molar-refractivity contribution in [2.75, 3.05) is 20.7 Å². The molecule has 5 heteroatoms. The lowest BCUT2D eigenvalue weighted by Crippen LogP contribution is -2.32. The first kappa shape index (κ1) is 17.5. The van der Waals surface area contributed by atoms with Crippen LogP contribution < -0.4 is 16.0 Å². The van der Waals surface area contributed by atoms with Gasteiger partial charge in [-0.05, 0) is 51.4 Å². The molecule has 118 valence electrons. The highest BCUT2D eigenvalue weighted by Crippen LogP contribution is 2.20. The van der Waals surface area contributed by atoms with Crippen molar-refractivity contribution in [2.45, 2.75) is 38.6 Å². The Balaban J connectivity index is 2.37. The molecule has 0 aliphatic heterocycles. The molecule has 3 N–H and O–H groups in total. The molecule has 5 nitrogen and oxygen atoms in total. The summed E-state index contributed by atoms with van der Waals surface area (Å²) >= 11 is 0. The number of ether oxygens (including phenoxy) is 1. The summed E-state index contributed by atoms with van der Waals surface area (Å²) in [4.78, 5) is 13.4. The SMILES string of the molecule is COc1ccccc1CC(C)N(C)CCCCC(=O)NN. The third-order valence-corrected chi connectivity index (χ3v) is 3.79. The second-order valence-electron chi connectivity index (χ2n) is 5.37. The number of amides is 1. The van der Waals surface area contributed by atoms with Crippen LogP contribution in [-0.2, 0) is 11.2 Å². The number of para-hydroxylation sites is 1. The van der Waals surface area contributed by atoms with Crippen LogP contribution in [0.25, 0.3) is 0 Å². The highest BCUT2D eigenvalue weighted by molar-refractivity contribution is 5.75. The minimum atomic E-state index is -0.0975. The molecule has 1 aromatic rings. The van der Waals surface area contributed by atoms with Crippen molar-refractivity contribution in [3.8, 4) is 5.75 Å². The molecule has 1 atom stereocenters. The van der Waals surface area contributed by atoms with Gasteiger partial charge >= 0.3 is 0 Å². The lowest BCUT2D eigenvalue weighted by Gasteiger charge is -2.25. The first-order chi connectivity index (χ1) is 10.1. The molecule has 0 saturated heterocycles. The fourth-order valence-corrected chi connectivity index (χ4v) is 2.29. The zero-order chi connectivity index (χ0) is 15.7. The summed E-state index contributed by atoms with van der Waals surface area (Å²) in [7, 11) is 3.82. The molecule has 0 saturated carbocycles. The number of hydrazine groups is 1. The number of unbranched alkanes of at least 4 members (excludes halogenated alkanes) is 1. The summed E-state index contributed by atoms with van der Waals surface area (Å²) < 4.78 is 5.39. The standard InChI is InChI=1S/C16H27N3O2/c1-13(12-14-8-4-5-9-15(14)21-3)19(2)11-7-6-10-16(20)18-17/h4-5,8-9,13H,6-7,10-12,17H2,1-3H3,(H,18,20). The third-order valence-electron chi connectivity index (χ3n) is 3.79. The van der Waals surface area contributed by atoms with Gasteiger partial charge < -0.3 is 9.64 Å². The van der Waals surface area contributed by atoms with Crippen molar-refractivity contribution in [1.82, 2.24) is 10.3 Å². The molecule has 1 amide bonds. The van der Waals surface area contributed by atoms with E-state index in [0.717, 1.165) is 31.6 Å². The monoisotopic (exact) mass is 293 g/mol. The van der Waals surface area contributed by atoms with Crippen LogP contribution in [0.1, 0.15) is 31.7 Å². The van der Waals surface area contributed by atoms with Gasteiger partial charge in [-0.2, -0.15) is 0 Å². The number of rotatable bonds is 9. The number of carbonyl (C=O) groups excluding carboxylic acids is 1. The maximum Gasteiger partial charge on any atom is 0.233 e. The molecule has 0 aliphatic carbocycles. The number of carbonyl (C=O) groups is 1. The average Bonchev–Trinajstić information content (AvgIpc) is 2.51. The largest absolute Gasteiger partial charge is 0.496 e. The zero-order valence-electron chi connectivity index (χ0n) is 13.3. The summed E-state index contributed by atoms with van der Waals surface area (Å²) in [5.74, 6) is 5.90. The summed E-state index contributed by atoms with van der Waals surface area (Å²) in [6, 6.07) is 8.54. The molecule has 0 fully saturated rings. The molecule has 0 bridgehead atoms. The van der Waals surface area contributed by atoms with Gasteiger partial charge in [0.2, 0.25) is 5.91 Å². The van der Waals surface area contributed by atoms with Crippen LogP contribution in [0.2, 0.25) is 0 Å². The van der Waals surface area contributed by atoms with E-state index in [1.807, 2.05) is 18.2 Å². The number of methoxy groups -OCH3 is 1. The van der Waals surface area contributed by atoms with Crippen molar-refractivity contribution in [3.63, 3.8) is 0 Å². The van der Waals surface area contributed by atoms with Crippen molar-refractivity contribution >= 4 is 5.91 Å². The molecule has 1 rings (SSSR count). The highest BCUT2D eigenvalue weighted by Gasteiger charge is 2.12. The van der Waals surface area contributed by atoms with Crippen LogP contribution in [0.4, 0.5) is 0 Å². The maximum absolute atomic E-state index is 11.0. The Morgan fingerprint density at radius 3 is 2.76 bits per heavy atom. The third kappa shape index (κ3) is 6.14. The number of hydrogen-bond acceptors (Lipinski definition) is 4. The van der Waals surface area contributed by atoms with E-state index in [-0.39, 0.29) is 5.91 Å². The molecule has 1 aromatic carbocycles. The number of hydrogen-bond donors (Lipinski definition) is 2. The van der Waals surface area contributed by atoms with Gasteiger partial charge in [0.25, 0.3) is 0 Å². The minimum Gasteiger partial charge on any atom is -0.496 e. The molecule has 0 heterocycles. The summed E-state index contributed by atoms with van der Waals surface area (Å²) in [5, 5.41) is 0. The first-order valence-corrected chi connectivity index (χ1v) is 7.40. The van der Waals surface area contributed by atoms with Crippen molar-refractivity contribution < 1.29 is 9.53 Å². The lowest BCUT2D eigenvalue weighted by molar-refractivity contribution is -0.121. The van der Waals surface area contributed by atoms with Crippen molar-refractivity contribution in [2.24, 2.45) is 5.84 Å². The lowest BCUT2D eigenvalue weighted by atomic mass is 10.0. The van der Waals surface area contributed by atoms with E-state index in [2.05, 4.69) is 30.4 Å². The van der Waals surface area contributed by atoms with Gasteiger partial charge in [-0.15, -0.1) is 0 Å². The van der Waals surface area contributed by atoms with Crippen LogP contribution in [0, 0.1) is 0 Å². The fraction of sp³-hybridized carbons (Fsp3) is 0.562. The van der Waals surface area contributed by atoms with Crippen molar-refractivity contribution in [1.29, 1.82) is 0 Å². The second-order valence-corrected chi connectivity index (χ2v) is 5.37. The minimum absolute atomic E-state index is 0.0975. The number of nitrogens with zero attached hydrogens (tertiary/aromatic N) is 1.